The number of hydrogen-bond donors (Lipinski definition) is 1. The Morgan fingerprint density at radius 2 is 1.53 bits per heavy atom. The Kier molecular flexibility index (Phi) is 0.132. The minimum absolute atomic E-state index is 0.924. The predicted molar refractivity (Wildman–Crippen MR) is 54.7 cm³/mol. The van der Waals surface area contributed by atoms with E-state index in [4.69, 9.17) is 0 Å². The first-order valence-electron chi connectivity index (χ1n) is 6.68. The van der Waals surface area contributed by atoms with E-state index in [1.807, 2.05) is 0 Å². The van der Waals surface area contributed by atoms with E-state index in [-0.39, 0.29) is 0 Å². The molecule has 0 bridgehead atoms. The summed E-state index contributed by atoms with van der Waals surface area (Å²) in [5, 5.41) is 4.10. The first-order chi connectivity index (χ1) is 7.11. The molecule has 10 rings (SSSR count). The molecular formula is C13H15FeN. The van der Waals surface area contributed by atoms with Crippen molar-refractivity contribution in [2.24, 2.45) is 0 Å². The molecule has 2 heteroatoms. The van der Waals surface area contributed by atoms with Crippen LogP contribution in [0.5, 0.6) is 0 Å². The quantitative estimate of drug-likeness (QED) is 0.591. The molecule has 1 nitrogen and oxygen atoms in total. The summed E-state index contributed by atoms with van der Waals surface area (Å²) in [6.07, 6.45) is 2.12. The second-order valence-electron chi connectivity index (χ2n) is 10.3. The molecule has 10 heterocycles. The molecule has 10 saturated heterocycles. The zero-order valence-corrected chi connectivity index (χ0v) is 9.65. The van der Waals surface area contributed by atoms with Gasteiger partial charge in [0.2, 0.25) is 0 Å². The Balaban J connectivity index is 1.67. The molecule has 15 heavy (non-hydrogen) atoms. The van der Waals surface area contributed by atoms with Crippen LogP contribution in [-0.4, -0.2) is 11.0 Å². The fourth-order valence-corrected chi connectivity index (χ4v) is 90.3. The molecule has 1 N–H and O–H groups in total. The van der Waals surface area contributed by atoms with Crippen molar-refractivity contribution >= 4 is 0 Å². The fraction of sp³-hybridized carbons (Fsp3) is 0.846. The van der Waals surface area contributed by atoms with Crippen molar-refractivity contribution in [3.05, 3.63) is 12.7 Å². The van der Waals surface area contributed by atoms with Crippen LogP contribution in [0.4, 0.5) is 0 Å². The Morgan fingerprint density at radius 3 is 1.80 bits per heavy atom. The summed E-state index contributed by atoms with van der Waals surface area (Å²) in [7, 11) is 0. The monoisotopic (exact) mass is 241 g/mol. The van der Waals surface area contributed by atoms with E-state index >= 15 is 0 Å². The second-order valence-corrected chi connectivity index (χ2v) is 33.9. The molecule has 1 spiro atoms. The van der Waals surface area contributed by atoms with Crippen LogP contribution < -0.4 is 5.32 Å². The Morgan fingerprint density at radius 1 is 1.00 bits per heavy atom. The average molecular weight is 241 g/mol. The Labute approximate surface area is 79.0 Å². The molecule has 4 atom stereocenters. The van der Waals surface area contributed by atoms with Crippen LogP contribution in [0, 0.1) is 0 Å². The van der Waals surface area contributed by atoms with Crippen LogP contribution in [-0.2, 0) is 6.51 Å². The molecule has 10 fully saturated rings. The third-order valence-electron chi connectivity index (χ3n) is 15.2. The average Bonchev–Trinajstić information content (AvgIpc) is 3.18. The molecular weight excluding hydrogens is 226 g/mol. The third kappa shape index (κ3) is 0.0446. The van der Waals surface area contributed by atoms with Crippen LogP contribution >= 0.6 is 0 Å². The standard InChI is InChI=1S/C8H10N.C5H5.Fe/c1-2-7-9-8-5-3-4-6-8;1-2-4-5-3-1;/h2-6,9H,1,7H2;1-5H;. The van der Waals surface area contributed by atoms with Gasteiger partial charge in [-0.25, -0.2) is 0 Å². The molecule has 4 unspecified atom stereocenters. The topological polar surface area (TPSA) is 12.0 Å². The zero-order valence-electron chi connectivity index (χ0n) is 8.54. The van der Waals surface area contributed by atoms with Crippen LogP contribution in [0.3, 0.4) is 0 Å². The summed E-state index contributed by atoms with van der Waals surface area (Å²) in [4.78, 5) is 13.1. The van der Waals surface area contributed by atoms with E-state index in [9.17, 15) is 0 Å². The number of fused-ring (bicyclic) bond motifs is 10. The van der Waals surface area contributed by atoms with Crippen LogP contribution in [0.25, 0.3) is 0 Å². The van der Waals surface area contributed by atoms with E-state index in [2.05, 4.69) is 18.0 Å². The van der Waals surface area contributed by atoms with E-state index in [0.717, 1.165) is 11.0 Å². The minimum atomic E-state index is -2.72. The van der Waals surface area contributed by atoms with Gasteiger partial charge in [-0.15, -0.1) is 0 Å². The van der Waals surface area contributed by atoms with E-state index < -0.39 is 6.51 Å². The molecule has 0 aromatic carbocycles. The van der Waals surface area contributed by atoms with Crippen molar-refractivity contribution in [3.63, 3.8) is 0 Å². The van der Waals surface area contributed by atoms with Crippen LogP contribution in [0.1, 0.15) is 0 Å². The first-order valence-corrected chi connectivity index (χ1v) is 13.0. The molecule has 10 aliphatic rings. The number of hydrogen-bond acceptors (Lipinski definition) is 1. The van der Waals surface area contributed by atoms with Gasteiger partial charge < -0.3 is 0 Å². The van der Waals surface area contributed by atoms with Gasteiger partial charge in [0, 0.05) is 0 Å². The SMILES string of the molecule is C=CCN[C]12[CH]3[CH]4[CH]5[CH]1[Fe]45321678[CH]2[CH]1[CH]6[CH]7[CH]28. The van der Waals surface area contributed by atoms with Crippen LogP contribution in [0.2, 0.25) is 43.3 Å². The van der Waals surface area contributed by atoms with E-state index in [0.29, 0.717) is 0 Å². The Hall–Kier alpha value is 0.219. The predicted octanol–water partition coefficient (Wildman–Crippen LogP) is 3.06. The van der Waals surface area contributed by atoms with Gasteiger partial charge >= 0.3 is 78.8 Å². The van der Waals surface area contributed by atoms with Crippen molar-refractivity contribution in [2.75, 3.05) is 6.54 Å². The van der Waals surface area contributed by atoms with Gasteiger partial charge in [-0.05, 0) is 0 Å². The number of rotatable bonds is 3. The maximum atomic E-state index is 4.10. The zero-order chi connectivity index (χ0) is 9.13. The second kappa shape index (κ2) is 0.377. The van der Waals surface area contributed by atoms with Crippen molar-refractivity contribution in [2.45, 2.75) is 47.8 Å². The molecule has 0 aromatic heterocycles. The summed E-state index contributed by atoms with van der Waals surface area (Å²) in [6, 6.07) is 0. The summed E-state index contributed by atoms with van der Waals surface area (Å²) in [5.74, 6) is 0. The summed E-state index contributed by atoms with van der Waals surface area (Å²) < 4.78 is 0.924. The molecule has 0 saturated carbocycles. The van der Waals surface area contributed by atoms with Gasteiger partial charge in [-0.2, -0.15) is 0 Å². The normalized spacial score (nSPS) is 133. The van der Waals surface area contributed by atoms with Crippen LogP contribution in [0.15, 0.2) is 12.7 Å². The molecule has 0 aliphatic carbocycles. The fourth-order valence-electron chi connectivity index (χ4n) is 16.9. The molecule has 0 amide bonds. The van der Waals surface area contributed by atoms with Gasteiger partial charge in [0.05, 0.1) is 0 Å². The van der Waals surface area contributed by atoms with Gasteiger partial charge in [0.1, 0.15) is 0 Å². The molecule has 10 aliphatic heterocycles. The van der Waals surface area contributed by atoms with E-state index in [1.165, 1.54) is 43.3 Å². The van der Waals surface area contributed by atoms with Gasteiger partial charge in [0.15, 0.2) is 0 Å². The third-order valence-corrected chi connectivity index (χ3v) is 57.4. The van der Waals surface area contributed by atoms with Crippen molar-refractivity contribution in [3.8, 4) is 0 Å². The molecule has 0 radical (unpaired) electrons. The van der Waals surface area contributed by atoms with Gasteiger partial charge in [-0.1, -0.05) is 0 Å². The summed E-state index contributed by atoms with van der Waals surface area (Å²) in [5.41, 5.74) is 0. The van der Waals surface area contributed by atoms with Crippen molar-refractivity contribution < 1.29 is 6.51 Å². The molecule has 0 aromatic rings. The van der Waals surface area contributed by atoms with Gasteiger partial charge in [0.25, 0.3) is 0 Å². The first kappa shape index (κ1) is 5.25. The van der Waals surface area contributed by atoms with Crippen molar-refractivity contribution in [1.82, 2.24) is 5.32 Å². The van der Waals surface area contributed by atoms with E-state index in [1.54, 1.807) is 0 Å². The summed E-state index contributed by atoms with van der Waals surface area (Å²) in [6.45, 7) is 2.33. The Bertz CT molecular complexity index is 831. The maximum absolute atomic E-state index is 4.10. The van der Waals surface area contributed by atoms with Gasteiger partial charge in [-0.3, -0.25) is 0 Å². The molecule has 80 valence electrons. The van der Waals surface area contributed by atoms with Crippen molar-refractivity contribution in [1.29, 1.82) is 0 Å². The summed E-state index contributed by atoms with van der Waals surface area (Å²) >= 11 is 0. The number of nitrogens with one attached hydrogen (secondary N) is 1.